The highest BCUT2D eigenvalue weighted by Gasteiger charge is 2.38. The lowest BCUT2D eigenvalue weighted by Gasteiger charge is -2.26. The minimum Gasteiger partial charge on any atom is -0.508 e. The van der Waals surface area contributed by atoms with E-state index in [4.69, 9.17) is 0 Å². The van der Waals surface area contributed by atoms with Crippen molar-refractivity contribution in [1.82, 2.24) is 0 Å². The van der Waals surface area contributed by atoms with E-state index >= 15 is 0 Å². The minimum absolute atomic E-state index is 0.382. The Morgan fingerprint density at radius 3 is 0.879 bits per heavy atom. The summed E-state index contributed by atoms with van der Waals surface area (Å²) >= 11 is 0. The van der Waals surface area contributed by atoms with Gasteiger partial charge < -0.3 is 112 Å². The smallest absolute Gasteiger partial charge is 0.205 e. The Bertz CT molecular complexity index is 3670. The molecular weight excluding hydrogens is 876 g/mol. The third-order valence-corrected chi connectivity index (χ3v) is 12.2. The summed E-state index contributed by atoms with van der Waals surface area (Å²) in [6.07, 6.45) is 0. The van der Waals surface area contributed by atoms with Crippen molar-refractivity contribution in [3.05, 3.63) is 0 Å². The predicted octanol–water partition coefficient (Wildman–Crippen LogP) is -2.14. The van der Waals surface area contributed by atoms with Gasteiger partial charge in [-0.05, 0) is 22.0 Å². The summed E-state index contributed by atoms with van der Waals surface area (Å²) in [5, 5.41) is 238. The zero-order chi connectivity index (χ0) is 49.1. The zero-order valence-electron chi connectivity index (χ0n) is 33.8. The molecule has 0 bridgehead atoms. The fourth-order valence-electron chi connectivity index (χ4n) is 8.92. The summed E-state index contributed by atoms with van der Waals surface area (Å²) < 4.78 is 0. The molecule has 8 rings (SSSR count). The SMILES string of the molecule is Bc1c(O)c(O)c(-c2c(B)c(O)c3c(O)c(-c4c(O)c(O)c5c(B)c(O)c(O)c(O)c5c4O)c(O)c(O)c3c2O)c(B)c1-c1c(O)c2c(O)c(O)c(O)c(O)c2c2c(O)c(O)c(O)c(O)c12. The molecule has 0 aromatic heterocycles. The van der Waals surface area contributed by atoms with Crippen LogP contribution in [0.25, 0.3) is 76.5 Å². The van der Waals surface area contributed by atoms with Gasteiger partial charge in [0.1, 0.15) is 60.1 Å². The molecule has 22 nitrogen and oxygen atoms in total. The van der Waals surface area contributed by atoms with Gasteiger partial charge in [0, 0.05) is 38.2 Å². The van der Waals surface area contributed by atoms with Crippen LogP contribution < -0.4 is 21.9 Å². The first-order chi connectivity index (χ1) is 30.7. The molecule has 22 N–H and O–H groups in total. The van der Waals surface area contributed by atoms with Gasteiger partial charge in [-0.15, -0.1) is 0 Å². The van der Waals surface area contributed by atoms with Crippen LogP contribution in [0.4, 0.5) is 0 Å². The first kappa shape index (κ1) is 43.3. The number of hydrogen-bond acceptors (Lipinski definition) is 22. The topological polar surface area (TPSA) is 445 Å². The second-order valence-corrected chi connectivity index (χ2v) is 15.4. The summed E-state index contributed by atoms with van der Waals surface area (Å²) in [7, 11) is 4.38. The van der Waals surface area contributed by atoms with Crippen molar-refractivity contribution >= 4 is 96.3 Å². The zero-order valence-corrected chi connectivity index (χ0v) is 33.8. The highest BCUT2D eigenvalue weighted by atomic mass is 16.4. The average molecular weight is 906 g/mol. The van der Waals surface area contributed by atoms with Crippen molar-refractivity contribution in [1.29, 1.82) is 0 Å². The fourth-order valence-corrected chi connectivity index (χ4v) is 8.92. The second kappa shape index (κ2) is 13.6. The standard InChI is InChI=1S/C40H30B4O22/c41-15-5(3-1-2(25(51)38(64)37(63)24(1)50)4-9(19(3)45)32(58)40(66)39(65)26(4)52)16(42)34(60)28(54)6(15)7-17(43)23(49)11-12(20(7)46)30(56)31(57)14(22(11)48)13-21(47)10-8(27(53)29(13)55)18(44)35(61)36(62)33(10)59/h45-66H,41-44H2. The third-order valence-electron chi connectivity index (χ3n) is 12.2. The summed E-state index contributed by atoms with van der Waals surface area (Å²) in [5.41, 5.74) is -6.89. The van der Waals surface area contributed by atoms with Gasteiger partial charge in [-0.1, -0.05) is 5.46 Å². The predicted molar refractivity (Wildman–Crippen MR) is 242 cm³/mol. The molecule has 0 saturated carbocycles. The maximum atomic E-state index is 12.0. The fraction of sp³-hybridized carbons (Fsp3) is 0. The van der Waals surface area contributed by atoms with E-state index in [2.05, 4.69) is 0 Å². The Balaban J connectivity index is 1.53. The Hall–Kier alpha value is -9.34. The number of hydrogen-bond donors (Lipinski definition) is 22. The third kappa shape index (κ3) is 4.93. The molecule has 0 fully saturated rings. The maximum Gasteiger partial charge on any atom is 0.205 e. The van der Waals surface area contributed by atoms with Crippen LogP contribution in [0, 0.1) is 0 Å². The van der Waals surface area contributed by atoms with Gasteiger partial charge in [-0.2, -0.15) is 0 Å². The molecule has 334 valence electrons. The molecule has 0 spiro atoms. The van der Waals surface area contributed by atoms with E-state index in [-0.39, 0.29) is 5.46 Å². The van der Waals surface area contributed by atoms with Crippen molar-refractivity contribution in [2.75, 3.05) is 0 Å². The largest absolute Gasteiger partial charge is 0.508 e. The van der Waals surface area contributed by atoms with Crippen LogP contribution in [0.3, 0.4) is 0 Å². The van der Waals surface area contributed by atoms with Crippen LogP contribution in [0.1, 0.15) is 0 Å². The number of fused-ring (bicyclic) bond motifs is 5. The van der Waals surface area contributed by atoms with Crippen molar-refractivity contribution in [2.24, 2.45) is 0 Å². The van der Waals surface area contributed by atoms with Crippen molar-refractivity contribution in [2.45, 2.75) is 0 Å². The average Bonchev–Trinajstić information content (AvgIpc) is 3.27. The first-order valence-corrected chi connectivity index (χ1v) is 18.7. The summed E-state index contributed by atoms with van der Waals surface area (Å²) in [6.45, 7) is 0. The van der Waals surface area contributed by atoms with Crippen LogP contribution in [0.2, 0.25) is 0 Å². The number of phenols is 22. The summed E-state index contributed by atoms with van der Waals surface area (Å²) in [4.78, 5) is 0. The highest BCUT2D eigenvalue weighted by Crippen LogP contribution is 2.64. The van der Waals surface area contributed by atoms with Gasteiger partial charge in [-0.3, -0.25) is 0 Å². The minimum atomic E-state index is -1.51. The van der Waals surface area contributed by atoms with Crippen LogP contribution in [0.5, 0.6) is 126 Å². The molecular formula is C40H30B4O22. The molecule has 26 heteroatoms. The number of rotatable bonds is 3. The van der Waals surface area contributed by atoms with E-state index in [1.807, 2.05) is 0 Å². The normalized spacial score (nSPS) is 11.7. The lowest BCUT2D eigenvalue weighted by molar-refractivity contribution is 0.348. The molecule has 0 aliphatic carbocycles. The molecule has 8 aromatic carbocycles. The second-order valence-electron chi connectivity index (χ2n) is 15.4. The maximum absolute atomic E-state index is 12.0. The lowest BCUT2D eigenvalue weighted by Crippen LogP contribution is -2.24. The molecule has 0 aliphatic heterocycles. The van der Waals surface area contributed by atoms with Crippen LogP contribution in [-0.2, 0) is 0 Å². The molecule has 0 amide bonds. The Kier molecular flexibility index (Phi) is 8.91. The first-order valence-electron chi connectivity index (χ1n) is 18.7. The van der Waals surface area contributed by atoms with E-state index < -0.39 is 219 Å². The lowest BCUT2D eigenvalue weighted by atomic mass is 9.70. The number of aromatic hydroxyl groups is 22. The highest BCUT2D eigenvalue weighted by molar-refractivity contribution is 6.51. The van der Waals surface area contributed by atoms with E-state index in [0.717, 1.165) is 31.4 Å². The van der Waals surface area contributed by atoms with E-state index in [0.29, 0.717) is 0 Å². The summed E-state index contributed by atoms with van der Waals surface area (Å²) in [6, 6.07) is 0. The molecule has 0 aliphatic rings. The van der Waals surface area contributed by atoms with Gasteiger partial charge in [0.15, 0.2) is 74.7 Å². The van der Waals surface area contributed by atoms with Gasteiger partial charge in [0.05, 0.1) is 32.7 Å². The Morgan fingerprint density at radius 1 is 0.136 bits per heavy atom. The van der Waals surface area contributed by atoms with Gasteiger partial charge in [-0.25, -0.2) is 0 Å². The van der Waals surface area contributed by atoms with Crippen molar-refractivity contribution < 1.29 is 112 Å². The monoisotopic (exact) mass is 906 g/mol. The van der Waals surface area contributed by atoms with Crippen LogP contribution >= 0.6 is 0 Å². The Labute approximate surface area is 367 Å². The van der Waals surface area contributed by atoms with Gasteiger partial charge in [0.25, 0.3) is 0 Å². The molecule has 0 saturated heterocycles. The summed E-state index contributed by atoms with van der Waals surface area (Å²) in [5.74, 6) is -28.5. The van der Waals surface area contributed by atoms with E-state index in [1.54, 1.807) is 0 Å². The molecule has 0 heterocycles. The van der Waals surface area contributed by atoms with Crippen LogP contribution in [0.15, 0.2) is 0 Å². The Morgan fingerprint density at radius 2 is 0.394 bits per heavy atom. The number of benzene rings is 8. The van der Waals surface area contributed by atoms with E-state index in [1.165, 1.54) is 0 Å². The van der Waals surface area contributed by atoms with Crippen molar-refractivity contribution in [3.8, 4) is 160 Å². The molecule has 66 heavy (non-hydrogen) atoms. The van der Waals surface area contributed by atoms with Gasteiger partial charge >= 0.3 is 0 Å². The van der Waals surface area contributed by atoms with Crippen LogP contribution in [-0.4, -0.2) is 144 Å². The molecule has 0 atom stereocenters. The molecule has 0 radical (unpaired) electrons. The van der Waals surface area contributed by atoms with E-state index in [9.17, 15) is 112 Å². The molecule has 8 aromatic rings. The quantitative estimate of drug-likeness (QED) is 0.0389. The van der Waals surface area contributed by atoms with Gasteiger partial charge in [0.2, 0.25) is 23.0 Å². The number of phenolic OH excluding ortho intramolecular Hbond substituents is 22. The molecule has 0 unspecified atom stereocenters. The van der Waals surface area contributed by atoms with Crippen molar-refractivity contribution in [3.63, 3.8) is 0 Å².